The number of hydrogen-bond acceptors (Lipinski definition) is 4. The smallest absolute Gasteiger partial charge is 0.264 e. The Bertz CT molecular complexity index is 1140. The molecule has 152 valence electrons. The lowest BCUT2D eigenvalue weighted by atomic mass is 10.2. The number of aryl methyl sites for hydroxylation is 1. The van der Waals surface area contributed by atoms with Crippen molar-refractivity contribution in [2.45, 2.75) is 11.4 Å². The molecule has 0 radical (unpaired) electrons. The summed E-state index contributed by atoms with van der Waals surface area (Å²) in [7, 11) is 1.06. The van der Waals surface area contributed by atoms with Gasteiger partial charge in [-0.05, 0) is 36.4 Å². The highest BCUT2D eigenvalue weighted by Gasteiger charge is 2.23. The number of amides is 1. The lowest BCUT2D eigenvalue weighted by Crippen LogP contribution is -2.28. The SMILES string of the molecule is CN(Cc1cnn(C)c1)C(=O)c1cccc(S(=O)(=O)N(C)c2cccc(Cl)c2)c1. The summed E-state index contributed by atoms with van der Waals surface area (Å²) in [5.41, 5.74) is 1.60. The highest BCUT2D eigenvalue weighted by atomic mass is 35.5. The van der Waals surface area contributed by atoms with Crippen molar-refractivity contribution < 1.29 is 13.2 Å². The zero-order valence-corrected chi connectivity index (χ0v) is 17.9. The Morgan fingerprint density at radius 2 is 1.86 bits per heavy atom. The molecule has 1 heterocycles. The van der Waals surface area contributed by atoms with Crippen LogP contribution in [0.4, 0.5) is 5.69 Å². The Morgan fingerprint density at radius 3 is 2.52 bits per heavy atom. The van der Waals surface area contributed by atoms with Gasteiger partial charge in [-0.2, -0.15) is 5.10 Å². The zero-order chi connectivity index (χ0) is 21.2. The fourth-order valence-corrected chi connectivity index (χ4v) is 4.30. The van der Waals surface area contributed by atoms with E-state index in [9.17, 15) is 13.2 Å². The van der Waals surface area contributed by atoms with Crippen LogP contribution in [-0.2, 0) is 23.6 Å². The molecule has 7 nitrogen and oxygen atoms in total. The van der Waals surface area contributed by atoms with Crippen LogP contribution in [-0.4, -0.2) is 43.1 Å². The summed E-state index contributed by atoms with van der Waals surface area (Å²) in [6.45, 7) is 0.367. The van der Waals surface area contributed by atoms with E-state index in [1.54, 1.807) is 61.4 Å². The number of nitrogens with zero attached hydrogens (tertiary/aromatic N) is 4. The van der Waals surface area contributed by atoms with Gasteiger partial charge in [0.2, 0.25) is 0 Å². The summed E-state index contributed by atoms with van der Waals surface area (Å²) in [6.07, 6.45) is 3.51. The van der Waals surface area contributed by atoms with E-state index in [4.69, 9.17) is 11.6 Å². The van der Waals surface area contributed by atoms with Gasteiger partial charge in [0.05, 0.1) is 16.8 Å². The summed E-state index contributed by atoms with van der Waals surface area (Å²) in [4.78, 5) is 14.3. The molecule has 0 N–H and O–H groups in total. The Morgan fingerprint density at radius 1 is 1.14 bits per heavy atom. The predicted octanol–water partition coefficient (Wildman–Crippen LogP) is 3.17. The standard InChI is InChI=1S/C20H21ClN4O3S/c1-23(13-15-12-22-24(2)14-15)20(26)16-6-4-9-19(10-16)29(27,28)25(3)18-8-5-7-17(21)11-18/h4-12,14H,13H2,1-3H3. The third-order valence-electron chi connectivity index (χ3n) is 4.44. The minimum atomic E-state index is -3.86. The fourth-order valence-electron chi connectivity index (χ4n) is 2.88. The number of carbonyl (C=O) groups excluding carboxylic acids is 1. The third-order valence-corrected chi connectivity index (χ3v) is 6.45. The van der Waals surface area contributed by atoms with Crippen molar-refractivity contribution in [2.75, 3.05) is 18.4 Å². The van der Waals surface area contributed by atoms with Gasteiger partial charge in [-0.3, -0.25) is 13.8 Å². The van der Waals surface area contributed by atoms with Crippen molar-refractivity contribution in [3.05, 3.63) is 77.1 Å². The van der Waals surface area contributed by atoms with Gasteiger partial charge in [0, 0.05) is 50.0 Å². The van der Waals surface area contributed by atoms with Gasteiger partial charge in [-0.25, -0.2) is 8.42 Å². The molecule has 9 heteroatoms. The number of benzene rings is 2. The molecular weight excluding hydrogens is 412 g/mol. The van der Waals surface area contributed by atoms with Gasteiger partial charge >= 0.3 is 0 Å². The minimum absolute atomic E-state index is 0.0283. The van der Waals surface area contributed by atoms with Gasteiger partial charge in [-0.15, -0.1) is 0 Å². The summed E-state index contributed by atoms with van der Waals surface area (Å²) in [5, 5.41) is 4.52. The second-order valence-corrected chi connectivity index (χ2v) is 9.07. The van der Waals surface area contributed by atoms with Crippen LogP contribution in [0, 0.1) is 0 Å². The molecule has 0 fully saturated rings. The first-order valence-electron chi connectivity index (χ1n) is 8.76. The van der Waals surface area contributed by atoms with E-state index in [1.165, 1.54) is 24.1 Å². The first-order chi connectivity index (χ1) is 13.7. The molecule has 1 aromatic heterocycles. The van der Waals surface area contributed by atoms with Crippen LogP contribution in [0.2, 0.25) is 5.02 Å². The van der Waals surface area contributed by atoms with Gasteiger partial charge in [0.1, 0.15) is 0 Å². The summed E-state index contributed by atoms with van der Waals surface area (Å²) < 4.78 is 28.9. The first kappa shape index (κ1) is 20.9. The first-order valence-corrected chi connectivity index (χ1v) is 10.6. The molecule has 0 spiro atoms. The van der Waals surface area contributed by atoms with E-state index in [-0.39, 0.29) is 16.4 Å². The van der Waals surface area contributed by atoms with E-state index >= 15 is 0 Å². The van der Waals surface area contributed by atoms with Gasteiger partial charge in [0.15, 0.2) is 0 Å². The third kappa shape index (κ3) is 4.60. The Kier molecular flexibility index (Phi) is 5.95. The quantitative estimate of drug-likeness (QED) is 0.599. The molecule has 0 saturated carbocycles. The molecule has 0 atom stereocenters. The van der Waals surface area contributed by atoms with Crippen LogP contribution in [0.3, 0.4) is 0 Å². The molecule has 0 bridgehead atoms. The highest BCUT2D eigenvalue weighted by molar-refractivity contribution is 7.92. The number of hydrogen-bond donors (Lipinski definition) is 0. The normalized spacial score (nSPS) is 11.3. The molecule has 0 aliphatic rings. The largest absolute Gasteiger partial charge is 0.337 e. The molecule has 2 aromatic carbocycles. The van der Waals surface area contributed by atoms with E-state index in [0.29, 0.717) is 17.3 Å². The van der Waals surface area contributed by atoms with Crippen LogP contribution < -0.4 is 4.31 Å². The number of aromatic nitrogens is 2. The maximum absolute atomic E-state index is 13.0. The minimum Gasteiger partial charge on any atom is -0.337 e. The molecule has 0 aliphatic heterocycles. The molecule has 0 saturated heterocycles. The molecule has 1 amide bonds. The zero-order valence-electron chi connectivity index (χ0n) is 16.3. The Labute approximate surface area is 175 Å². The van der Waals surface area contributed by atoms with Crippen LogP contribution in [0.25, 0.3) is 0 Å². The van der Waals surface area contributed by atoms with Crippen LogP contribution >= 0.6 is 11.6 Å². The average molecular weight is 433 g/mol. The number of rotatable bonds is 6. The van der Waals surface area contributed by atoms with Crippen molar-refractivity contribution in [2.24, 2.45) is 7.05 Å². The van der Waals surface area contributed by atoms with Crippen molar-refractivity contribution in [3.63, 3.8) is 0 Å². The van der Waals surface area contributed by atoms with Gasteiger partial charge < -0.3 is 4.90 Å². The van der Waals surface area contributed by atoms with Crippen LogP contribution in [0.1, 0.15) is 15.9 Å². The maximum atomic E-state index is 13.0. The maximum Gasteiger partial charge on any atom is 0.264 e. The molecule has 29 heavy (non-hydrogen) atoms. The topological polar surface area (TPSA) is 75.5 Å². The second-order valence-electron chi connectivity index (χ2n) is 6.66. The Balaban J connectivity index is 1.85. The molecule has 3 aromatic rings. The molecule has 3 rings (SSSR count). The highest BCUT2D eigenvalue weighted by Crippen LogP contribution is 2.25. The monoisotopic (exact) mass is 432 g/mol. The fraction of sp³-hybridized carbons (Fsp3) is 0.200. The average Bonchev–Trinajstić information content (AvgIpc) is 3.11. The number of halogens is 1. The van der Waals surface area contributed by atoms with Crippen LogP contribution in [0.15, 0.2) is 65.8 Å². The second kappa shape index (κ2) is 8.26. The number of carbonyl (C=O) groups is 1. The number of sulfonamides is 1. The molecule has 0 unspecified atom stereocenters. The number of anilines is 1. The lowest BCUT2D eigenvalue weighted by molar-refractivity contribution is 0.0785. The Hall–Kier alpha value is -2.84. The molecular formula is C20H21ClN4O3S. The van der Waals surface area contributed by atoms with E-state index in [0.717, 1.165) is 9.87 Å². The van der Waals surface area contributed by atoms with Crippen molar-refractivity contribution >= 4 is 33.2 Å². The summed E-state index contributed by atoms with van der Waals surface area (Å²) in [6, 6.07) is 12.6. The molecule has 0 aliphatic carbocycles. The predicted molar refractivity (Wildman–Crippen MR) is 112 cm³/mol. The lowest BCUT2D eigenvalue weighted by Gasteiger charge is -2.21. The van der Waals surface area contributed by atoms with E-state index in [1.807, 2.05) is 6.20 Å². The van der Waals surface area contributed by atoms with E-state index in [2.05, 4.69) is 5.10 Å². The van der Waals surface area contributed by atoms with Gasteiger partial charge in [-0.1, -0.05) is 23.7 Å². The van der Waals surface area contributed by atoms with Crippen molar-refractivity contribution in [1.29, 1.82) is 0 Å². The van der Waals surface area contributed by atoms with Crippen LogP contribution in [0.5, 0.6) is 0 Å². The van der Waals surface area contributed by atoms with Crippen molar-refractivity contribution in [1.82, 2.24) is 14.7 Å². The summed E-state index contributed by atoms with van der Waals surface area (Å²) >= 11 is 5.98. The van der Waals surface area contributed by atoms with E-state index < -0.39 is 10.0 Å². The summed E-state index contributed by atoms with van der Waals surface area (Å²) in [5.74, 6) is -0.281. The van der Waals surface area contributed by atoms with Gasteiger partial charge in [0.25, 0.3) is 15.9 Å². The van der Waals surface area contributed by atoms with Crippen molar-refractivity contribution in [3.8, 4) is 0 Å².